The normalized spacial score (nSPS) is 14.1. The second kappa shape index (κ2) is 24.7. The summed E-state index contributed by atoms with van der Waals surface area (Å²) in [6.45, 7) is 12.2. The molecule has 1 aromatic carbocycles. The molecule has 0 atom stereocenters. The second-order valence-electron chi connectivity index (χ2n) is 17.1. The van der Waals surface area contributed by atoms with Crippen LogP contribution in [0.5, 0.6) is 0 Å². The monoisotopic (exact) mass is 997 g/mol. The fraction of sp³-hybridized carbons (Fsp3) is 0.468. The molecule has 1 aliphatic heterocycles. The molecule has 3 amide bonds. The minimum Gasteiger partial charge on any atom is -0.383 e. The standard InChI is InChI=1S/C47H59N13O10S/c1-29-37-27-51-46(55-42(37)59(34-7-5-6-8-34)44(65)41(29)31(3)61)54-39-12-10-35(26-50-39)58-17-15-57(16-18-58)28-40(63)49-14-20-69-22-24-70-23-21-68-19-13-48-33-9-11-36(38(25-33)53-32(4)62)43(64)56-47-52-30(2)45(71-47)60(66)67/h9-12,25-27,34,48H,5-8,13-24,28H2,1-4H3,(H,49,63)(H,53,62)(H,52,56,64)(H,50,51,54,55). The van der Waals surface area contributed by atoms with Crippen molar-refractivity contribution in [2.75, 3.05) is 112 Å². The molecule has 0 spiro atoms. The van der Waals surface area contributed by atoms with Gasteiger partial charge in [0.25, 0.3) is 11.5 Å². The number of nitrogens with zero attached hydrogens (tertiary/aromatic N) is 8. The van der Waals surface area contributed by atoms with Crippen molar-refractivity contribution in [1.82, 2.24) is 34.7 Å². The third-order valence-electron chi connectivity index (χ3n) is 12.0. The first-order valence-corrected chi connectivity index (χ1v) is 24.3. The summed E-state index contributed by atoms with van der Waals surface area (Å²) in [4.78, 5) is 96.3. The van der Waals surface area contributed by atoms with E-state index < -0.39 is 10.8 Å². The highest BCUT2D eigenvalue weighted by Gasteiger charge is 2.27. The van der Waals surface area contributed by atoms with Crippen molar-refractivity contribution in [2.45, 2.75) is 59.4 Å². The largest absolute Gasteiger partial charge is 0.383 e. The predicted octanol–water partition coefficient (Wildman–Crippen LogP) is 4.84. The summed E-state index contributed by atoms with van der Waals surface area (Å²) < 4.78 is 18.5. The molecule has 5 aromatic rings. The van der Waals surface area contributed by atoms with Gasteiger partial charge >= 0.3 is 5.00 Å². The van der Waals surface area contributed by atoms with Crippen LogP contribution in [0.3, 0.4) is 0 Å². The van der Waals surface area contributed by atoms with Gasteiger partial charge in [0.1, 0.15) is 17.2 Å². The van der Waals surface area contributed by atoms with Crippen LogP contribution in [-0.4, -0.2) is 143 Å². The van der Waals surface area contributed by atoms with E-state index in [4.69, 9.17) is 19.2 Å². The number of fused-ring (bicyclic) bond motifs is 1. The van der Waals surface area contributed by atoms with E-state index in [0.717, 1.165) is 55.8 Å². The molecule has 0 radical (unpaired) electrons. The summed E-state index contributed by atoms with van der Waals surface area (Å²) in [5, 5.41) is 26.2. The summed E-state index contributed by atoms with van der Waals surface area (Å²) in [7, 11) is 0. The molecule has 71 heavy (non-hydrogen) atoms. The number of Topliss-reactive ketones (excluding diaryl/α,β-unsaturated/α-hetero) is 1. The van der Waals surface area contributed by atoms with E-state index >= 15 is 0 Å². The molecule has 2 fully saturated rings. The number of nitro groups is 1. The van der Waals surface area contributed by atoms with Crippen LogP contribution >= 0.6 is 11.3 Å². The smallest absolute Gasteiger partial charge is 0.348 e. The molecule has 7 rings (SSSR count). The number of piperazine rings is 1. The first-order chi connectivity index (χ1) is 34.2. The maximum absolute atomic E-state index is 13.6. The van der Waals surface area contributed by atoms with Crippen molar-refractivity contribution in [2.24, 2.45) is 0 Å². The van der Waals surface area contributed by atoms with E-state index in [2.05, 4.69) is 51.3 Å². The lowest BCUT2D eigenvalue weighted by molar-refractivity contribution is -0.380. The van der Waals surface area contributed by atoms with Crippen molar-refractivity contribution >= 4 is 84.8 Å². The lowest BCUT2D eigenvalue weighted by Gasteiger charge is -2.35. The number of hydrogen-bond donors (Lipinski definition) is 5. The van der Waals surface area contributed by atoms with E-state index in [1.807, 2.05) is 12.1 Å². The topological polar surface area (TPSA) is 279 Å². The first-order valence-electron chi connectivity index (χ1n) is 23.5. The van der Waals surface area contributed by atoms with E-state index in [1.165, 1.54) is 26.8 Å². The van der Waals surface area contributed by atoms with Crippen LogP contribution in [0.15, 0.2) is 47.5 Å². The lowest BCUT2D eigenvalue weighted by Crippen LogP contribution is -2.49. The molecule has 1 saturated heterocycles. The number of ketones is 1. The lowest BCUT2D eigenvalue weighted by atomic mass is 10.0. The number of thiazole rings is 1. The van der Waals surface area contributed by atoms with Crippen LogP contribution in [0.2, 0.25) is 0 Å². The van der Waals surface area contributed by atoms with Gasteiger partial charge in [-0.2, -0.15) is 4.98 Å². The van der Waals surface area contributed by atoms with Gasteiger partial charge in [-0.1, -0.05) is 12.8 Å². The van der Waals surface area contributed by atoms with Crippen LogP contribution in [0.1, 0.15) is 77.5 Å². The number of carbonyl (C=O) groups excluding carboxylic acids is 4. The van der Waals surface area contributed by atoms with Gasteiger partial charge < -0.3 is 40.4 Å². The molecule has 5 N–H and O–H groups in total. The second-order valence-corrected chi connectivity index (χ2v) is 18.0. The third-order valence-corrected chi connectivity index (χ3v) is 13.0. The molecule has 1 saturated carbocycles. The molecule has 24 heteroatoms. The predicted molar refractivity (Wildman–Crippen MR) is 268 cm³/mol. The van der Waals surface area contributed by atoms with E-state index in [0.29, 0.717) is 99.9 Å². The highest BCUT2D eigenvalue weighted by atomic mass is 32.1. The number of benzene rings is 1. The Hall–Kier alpha value is -6.99. The van der Waals surface area contributed by atoms with Gasteiger partial charge in [-0.15, -0.1) is 0 Å². The third kappa shape index (κ3) is 13.9. The number of aryl methyl sites for hydroxylation is 2. The van der Waals surface area contributed by atoms with E-state index in [1.54, 1.807) is 36.0 Å². The van der Waals surface area contributed by atoms with Crippen LogP contribution in [0.25, 0.3) is 11.0 Å². The summed E-state index contributed by atoms with van der Waals surface area (Å²) in [6, 6.07) is 8.64. The minimum absolute atomic E-state index is 0.0120. The molecule has 0 unspecified atom stereocenters. The number of nitrogens with one attached hydrogen (secondary N) is 5. The fourth-order valence-electron chi connectivity index (χ4n) is 8.49. The zero-order valence-corrected chi connectivity index (χ0v) is 41.0. The van der Waals surface area contributed by atoms with Gasteiger partial charge in [-0.3, -0.25) is 48.9 Å². The zero-order chi connectivity index (χ0) is 50.4. The molecule has 5 heterocycles. The van der Waals surface area contributed by atoms with Crippen molar-refractivity contribution in [3.63, 3.8) is 0 Å². The van der Waals surface area contributed by atoms with Gasteiger partial charge in [-0.05, 0) is 80.8 Å². The summed E-state index contributed by atoms with van der Waals surface area (Å²) in [6.07, 6.45) is 7.23. The molecule has 378 valence electrons. The van der Waals surface area contributed by atoms with Crippen LogP contribution in [0, 0.1) is 24.0 Å². The summed E-state index contributed by atoms with van der Waals surface area (Å²) in [5.74, 6) is -0.420. The maximum atomic E-state index is 13.6. The summed E-state index contributed by atoms with van der Waals surface area (Å²) >= 11 is 0.750. The fourth-order valence-corrected chi connectivity index (χ4v) is 9.26. The molecule has 2 aliphatic rings. The van der Waals surface area contributed by atoms with Crippen molar-refractivity contribution in [1.29, 1.82) is 0 Å². The maximum Gasteiger partial charge on any atom is 0.348 e. The average molecular weight is 998 g/mol. The highest BCUT2D eigenvalue weighted by molar-refractivity contribution is 7.19. The zero-order valence-electron chi connectivity index (χ0n) is 40.2. The Morgan fingerprint density at radius 1 is 0.859 bits per heavy atom. The molecule has 1 aliphatic carbocycles. The van der Waals surface area contributed by atoms with E-state index in [9.17, 15) is 34.1 Å². The molecule has 4 aromatic heterocycles. The number of anilines is 6. The highest BCUT2D eigenvalue weighted by Crippen LogP contribution is 2.33. The number of pyridine rings is 2. The van der Waals surface area contributed by atoms with Crippen LogP contribution < -0.4 is 37.0 Å². The Morgan fingerprint density at radius 3 is 2.21 bits per heavy atom. The minimum atomic E-state index is -0.579. The number of amides is 3. The van der Waals surface area contributed by atoms with Crippen molar-refractivity contribution < 1.29 is 38.3 Å². The van der Waals surface area contributed by atoms with Gasteiger partial charge in [0.15, 0.2) is 10.9 Å². The molecule has 23 nitrogen and oxygen atoms in total. The number of rotatable bonds is 24. The van der Waals surface area contributed by atoms with Crippen LogP contribution in [0.4, 0.5) is 39.0 Å². The number of carbonyl (C=O) groups is 4. The van der Waals surface area contributed by atoms with Gasteiger partial charge in [0.2, 0.25) is 17.8 Å². The molecule has 0 bridgehead atoms. The van der Waals surface area contributed by atoms with Gasteiger partial charge in [0, 0.05) is 69.5 Å². The quantitative estimate of drug-likeness (QED) is 0.0239. The number of aromatic nitrogens is 5. The van der Waals surface area contributed by atoms with Gasteiger partial charge in [-0.25, -0.2) is 15.0 Å². The Balaban J connectivity index is 0.727. The first kappa shape index (κ1) is 51.8. The van der Waals surface area contributed by atoms with Gasteiger partial charge in [0.05, 0.1) is 79.8 Å². The average Bonchev–Trinajstić information content (AvgIpc) is 4.00. The van der Waals surface area contributed by atoms with Crippen molar-refractivity contribution in [3.05, 3.63) is 85.6 Å². The Morgan fingerprint density at radius 2 is 1.56 bits per heavy atom. The Bertz CT molecular complexity index is 2770. The number of ether oxygens (including phenoxy) is 3. The van der Waals surface area contributed by atoms with Crippen LogP contribution in [-0.2, 0) is 23.8 Å². The molecular formula is C47H59N13O10S. The molecular weight excluding hydrogens is 939 g/mol. The van der Waals surface area contributed by atoms with Crippen molar-refractivity contribution in [3.8, 4) is 0 Å². The Labute approximate surface area is 413 Å². The Kier molecular flexibility index (Phi) is 18.0. The van der Waals surface area contributed by atoms with E-state index in [-0.39, 0.29) is 68.4 Å². The number of hydrogen-bond acceptors (Lipinski definition) is 19. The SMILES string of the molecule is CC(=O)Nc1cc(NCCOCCOCCOCCNC(=O)CN2CCN(c3ccc(Nc4ncc5c(C)c(C(C)=O)c(=O)n(C6CCCC6)c5n4)nc3)CC2)ccc1C(=O)Nc1nc(C)c([N+](=O)[O-])s1. The summed E-state index contributed by atoms with van der Waals surface area (Å²) in [5.41, 5.74) is 3.22.